The molecule has 2 fully saturated rings. The molecule has 4 aromatic rings. The van der Waals surface area contributed by atoms with E-state index < -0.39 is 21.9 Å². The SMILES string of the molecule is CC(Oc1cc2c(-c3cnc(N4CC5(C4)CN(S(C)(=O)=O)C5)c(F)c3)n[nH]c2cc1Cl)c1c(Cl)cnnc1Cl. The third-order valence-corrected chi connectivity index (χ3v) is 9.13. The van der Waals surface area contributed by atoms with Crippen molar-refractivity contribution >= 4 is 61.5 Å². The van der Waals surface area contributed by atoms with E-state index in [4.69, 9.17) is 39.5 Å². The molecule has 15 heteroatoms. The molecule has 1 atom stereocenters. The van der Waals surface area contributed by atoms with Crippen LogP contribution in [0.1, 0.15) is 18.6 Å². The molecule has 10 nitrogen and oxygen atoms in total. The van der Waals surface area contributed by atoms with Gasteiger partial charge in [0.05, 0.1) is 33.6 Å². The molecule has 1 unspecified atom stereocenters. The number of nitrogens with one attached hydrogen (secondary N) is 1. The number of H-pyrrole nitrogens is 1. The van der Waals surface area contributed by atoms with Crippen LogP contribution in [-0.4, -0.2) is 70.5 Å². The highest BCUT2D eigenvalue weighted by atomic mass is 35.5. The monoisotopic (exact) mass is 611 g/mol. The highest BCUT2D eigenvalue weighted by Crippen LogP contribution is 2.43. The molecule has 0 amide bonds. The molecule has 5 heterocycles. The zero-order valence-electron chi connectivity index (χ0n) is 20.6. The molecule has 204 valence electrons. The smallest absolute Gasteiger partial charge is 0.211 e. The van der Waals surface area contributed by atoms with Crippen molar-refractivity contribution < 1.29 is 17.5 Å². The standard InChI is InChI=1S/C24H21Cl3FN7O3S/c1-12(20-16(26)7-30-33-22(20)27)38-19-4-14-18(5-15(19)25)31-32-21(14)13-3-17(28)23(29-6-13)34-8-24(9-34)10-35(11-24)39(2,36)37/h3-7,12H,8-11H2,1-2H3,(H,31,32). The maximum Gasteiger partial charge on any atom is 0.211 e. The molecular weight excluding hydrogens is 592 g/mol. The number of nitrogens with zero attached hydrogens (tertiary/aromatic N) is 6. The Kier molecular flexibility index (Phi) is 6.38. The van der Waals surface area contributed by atoms with Crippen molar-refractivity contribution in [3.05, 3.63) is 57.2 Å². The molecule has 1 N–H and O–H groups in total. The second-order valence-corrected chi connectivity index (χ2v) is 13.1. The Morgan fingerprint density at radius 1 is 1.10 bits per heavy atom. The largest absolute Gasteiger partial charge is 0.484 e. The van der Waals surface area contributed by atoms with Gasteiger partial charge in [0.15, 0.2) is 16.8 Å². The van der Waals surface area contributed by atoms with Gasteiger partial charge >= 0.3 is 0 Å². The number of rotatable bonds is 6. The fourth-order valence-electron chi connectivity index (χ4n) is 5.13. The number of pyridine rings is 1. The van der Waals surface area contributed by atoms with Crippen LogP contribution in [0.15, 0.2) is 30.6 Å². The zero-order chi connectivity index (χ0) is 27.7. The van der Waals surface area contributed by atoms with Crippen molar-refractivity contribution in [1.82, 2.24) is 29.7 Å². The van der Waals surface area contributed by atoms with Crippen LogP contribution in [0.5, 0.6) is 5.75 Å². The first-order chi connectivity index (χ1) is 18.4. The number of fused-ring (bicyclic) bond motifs is 1. The average molecular weight is 613 g/mol. The number of aromatic amines is 1. The van der Waals surface area contributed by atoms with Gasteiger partial charge in [-0.25, -0.2) is 22.1 Å². The number of aromatic nitrogens is 5. The minimum atomic E-state index is -3.20. The van der Waals surface area contributed by atoms with E-state index in [-0.39, 0.29) is 16.4 Å². The highest BCUT2D eigenvalue weighted by molar-refractivity contribution is 7.88. The normalized spacial score (nSPS) is 17.7. The summed E-state index contributed by atoms with van der Waals surface area (Å²) in [4.78, 5) is 6.19. The minimum Gasteiger partial charge on any atom is -0.484 e. The van der Waals surface area contributed by atoms with E-state index in [1.165, 1.54) is 22.8 Å². The third-order valence-electron chi connectivity index (χ3n) is 7.06. The summed E-state index contributed by atoms with van der Waals surface area (Å²) in [6.45, 7) is 3.75. The van der Waals surface area contributed by atoms with Gasteiger partial charge in [0.25, 0.3) is 0 Å². The number of ether oxygens (including phenoxy) is 1. The van der Waals surface area contributed by atoms with Crippen molar-refractivity contribution in [1.29, 1.82) is 0 Å². The molecule has 0 bridgehead atoms. The summed E-state index contributed by atoms with van der Waals surface area (Å²) in [7, 11) is -3.20. The van der Waals surface area contributed by atoms with Crippen LogP contribution in [0, 0.1) is 11.2 Å². The van der Waals surface area contributed by atoms with Crippen LogP contribution in [-0.2, 0) is 10.0 Å². The van der Waals surface area contributed by atoms with E-state index >= 15 is 4.39 Å². The van der Waals surface area contributed by atoms with Gasteiger partial charge in [-0.3, -0.25) is 5.10 Å². The lowest BCUT2D eigenvalue weighted by Gasteiger charge is -2.59. The Labute approximate surface area is 238 Å². The Morgan fingerprint density at radius 2 is 1.85 bits per heavy atom. The number of benzene rings is 1. The maximum atomic E-state index is 15.2. The van der Waals surface area contributed by atoms with Crippen LogP contribution >= 0.6 is 34.8 Å². The molecule has 1 spiro atoms. The predicted octanol–water partition coefficient (Wildman–Crippen LogP) is 4.74. The summed E-state index contributed by atoms with van der Waals surface area (Å²) in [5.41, 5.74) is 1.91. The van der Waals surface area contributed by atoms with Gasteiger partial charge in [0.2, 0.25) is 10.0 Å². The fraction of sp³-hybridized carbons (Fsp3) is 0.333. The molecule has 0 saturated carbocycles. The minimum absolute atomic E-state index is 0.121. The number of anilines is 1. The average Bonchev–Trinajstić information content (AvgIpc) is 3.20. The molecule has 3 aromatic heterocycles. The van der Waals surface area contributed by atoms with Crippen molar-refractivity contribution in [3.8, 4) is 17.0 Å². The molecular formula is C24H21Cl3FN7O3S. The van der Waals surface area contributed by atoms with E-state index in [2.05, 4.69) is 25.4 Å². The first-order valence-electron chi connectivity index (χ1n) is 11.8. The van der Waals surface area contributed by atoms with E-state index in [0.29, 0.717) is 69.7 Å². The first-order valence-corrected chi connectivity index (χ1v) is 14.8. The van der Waals surface area contributed by atoms with Crippen LogP contribution < -0.4 is 9.64 Å². The Balaban J connectivity index is 1.23. The summed E-state index contributed by atoms with van der Waals surface area (Å²) in [5, 5.41) is 16.2. The summed E-state index contributed by atoms with van der Waals surface area (Å²) < 4.78 is 46.1. The topological polar surface area (TPSA) is 117 Å². The van der Waals surface area contributed by atoms with Crippen LogP contribution in [0.4, 0.5) is 10.2 Å². The lowest BCUT2D eigenvalue weighted by Crippen LogP contribution is -2.73. The molecule has 6 rings (SSSR count). The number of halogens is 4. The summed E-state index contributed by atoms with van der Waals surface area (Å²) in [6.07, 6.45) is 3.54. The van der Waals surface area contributed by atoms with E-state index in [9.17, 15) is 8.42 Å². The van der Waals surface area contributed by atoms with Gasteiger partial charge in [-0.05, 0) is 25.1 Å². The summed E-state index contributed by atoms with van der Waals surface area (Å²) in [5.74, 6) is 0.0804. The van der Waals surface area contributed by atoms with Gasteiger partial charge in [-0.15, -0.1) is 5.10 Å². The van der Waals surface area contributed by atoms with E-state index in [1.807, 2.05) is 4.90 Å². The number of sulfonamides is 1. The Bertz CT molecular complexity index is 1700. The molecule has 2 aliphatic heterocycles. The van der Waals surface area contributed by atoms with Crippen molar-refractivity contribution in [3.63, 3.8) is 0 Å². The lowest BCUT2D eigenvalue weighted by atomic mass is 9.74. The maximum absolute atomic E-state index is 15.2. The van der Waals surface area contributed by atoms with Crippen LogP contribution in [0.3, 0.4) is 0 Å². The third kappa shape index (κ3) is 4.67. The summed E-state index contributed by atoms with van der Waals surface area (Å²) >= 11 is 18.9. The van der Waals surface area contributed by atoms with Gasteiger partial charge in [-0.1, -0.05) is 34.8 Å². The van der Waals surface area contributed by atoms with Crippen LogP contribution in [0.25, 0.3) is 22.2 Å². The van der Waals surface area contributed by atoms with Gasteiger partial charge in [-0.2, -0.15) is 10.2 Å². The fourth-order valence-corrected chi connectivity index (χ4v) is 6.99. The van der Waals surface area contributed by atoms with Crippen molar-refractivity contribution in [2.75, 3.05) is 37.3 Å². The van der Waals surface area contributed by atoms with E-state index in [0.717, 1.165) is 0 Å². The van der Waals surface area contributed by atoms with Crippen molar-refractivity contribution in [2.45, 2.75) is 13.0 Å². The molecule has 1 aromatic carbocycles. The number of hydrogen-bond donors (Lipinski definition) is 1. The van der Waals surface area contributed by atoms with Gasteiger partial charge < -0.3 is 9.64 Å². The predicted molar refractivity (Wildman–Crippen MR) is 146 cm³/mol. The second-order valence-electron chi connectivity index (χ2n) is 9.97. The van der Waals surface area contributed by atoms with Crippen LogP contribution in [0.2, 0.25) is 15.2 Å². The number of hydrogen-bond acceptors (Lipinski definition) is 8. The van der Waals surface area contributed by atoms with Crippen molar-refractivity contribution in [2.24, 2.45) is 5.41 Å². The molecule has 2 aliphatic rings. The Hall–Kier alpha value is -2.77. The Morgan fingerprint density at radius 3 is 2.51 bits per heavy atom. The highest BCUT2D eigenvalue weighted by Gasteiger charge is 2.55. The first kappa shape index (κ1) is 26.5. The molecule has 0 radical (unpaired) electrons. The second kappa shape index (κ2) is 9.41. The quantitative estimate of drug-likeness (QED) is 0.332. The molecule has 39 heavy (non-hydrogen) atoms. The van der Waals surface area contributed by atoms with Gasteiger partial charge in [0, 0.05) is 48.7 Å². The molecule has 2 saturated heterocycles. The lowest BCUT2D eigenvalue weighted by molar-refractivity contribution is 0.0390. The zero-order valence-corrected chi connectivity index (χ0v) is 23.7. The van der Waals surface area contributed by atoms with Gasteiger partial charge in [0.1, 0.15) is 17.5 Å². The van der Waals surface area contributed by atoms with E-state index in [1.54, 1.807) is 25.3 Å². The molecule has 0 aliphatic carbocycles. The summed E-state index contributed by atoms with van der Waals surface area (Å²) in [6, 6.07) is 4.75.